The van der Waals surface area contributed by atoms with Crippen molar-refractivity contribution in [1.29, 1.82) is 0 Å². The summed E-state index contributed by atoms with van der Waals surface area (Å²) in [4.78, 5) is 0. The summed E-state index contributed by atoms with van der Waals surface area (Å²) in [5.74, 6) is 1.96. The number of nitrogens with one attached hydrogen (secondary N) is 1. The molecule has 0 radical (unpaired) electrons. The Kier molecular flexibility index (Phi) is 4.55. The molecule has 3 atom stereocenters. The van der Waals surface area contributed by atoms with Crippen LogP contribution in [0.4, 0.5) is 0 Å². The lowest BCUT2D eigenvalue weighted by atomic mass is 9.51. The molecule has 0 spiro atoms. The lowest BCUT2D eigenvalue weighted by Crippen LogP contribution is -2.68. The van der Waals surface area contributed by atoms with Gasteiger partial charge >= 0.3 is 0 Å². The number of benzene rings is 3. The normalized spacial score (nSPS) is 31.6. The van der Waals surface area contributed by atoms with E-state index < -0.39 is 11.1 Å². The first-order valence-corrected chi connectivity index (χ1v) is 11.8. The Balaban J connectivity index is 1.54. The summed E-state index contributed by atoms with van der Waals surface area (Å²) in [6, 6.07) is 32.5. The Morgan fingerprint density at radius 3 is 1.45 bits per heavy atom. The van der Waals surface area contributed by atoms with Crippen molar-refractivity contribution in [2.75, 3.05) is 0 Å². The van der Waals surface area contributed by atoms with Gasteiger partial charge in [0.05, 0.1) is 11.1 Å². The van der Waals surface area contributed by atoms with Crippen LogP contribution in [-0.2, 0) is 5.54 Å². The summed E-state index contributed by atoms with van der Waals surface area (Å²) in [7, 11) is 0. The Labute approximate surface area is 185 Å². The lowest BCUT2D eigenvalue weighted by Gasteiger charge is -2.60. The van der Waals surface area contributed by atoms with Crippen LogP contribution in [0.1, 0.15) is 48.8 Å². The summed E-state index contributed by atoms with van der Waals surface area (Å²) in [6.45, 7) is 0. The van der Waals surface area contributed by atoms with Crippen LogP contribution in [0.3, 0.4) is 0 Å². The lowest BCUT2D eigenvalue weighted by molar-refractivity contribution is -0.153. The first-order chi connectivity index (χ1) is 15.2. The quantitative estimate of drug-likeness (QED) is 0.545. The fraction of sp³-hybridized carbons (Fsp3) is 0.379. The van der Waals surface area contributed by atoms with Crippen LogP contribution >= 0.6 is 0 Å². The maximum Gasteiger partial charge on any atom is 0.0951 e. The zero-order valence-corrected chi connectivity index (χ0v) is 18.0. The van der Waals surface area contributed by atoms with Gasteiger partial charge < -0.3 is 5.11 Å². The summed E-state index contributed by atoms with van der Waals surface area (Å²) < 4.78 is 0. The van der Waals surface area contributed by atoms with Gasteiger partial charge in [0.1, 0.15) is 0 Å². The monoisotopic (exact) mass is 409 g/mol. The molecule has 7 rings (SSSR count). The topological polar surface area (TPSA) is 32.3 Å². The van der Waals surface area contributed by atoms with Crippen molar-refractivity contribution in [2.45, 2.75) is 49.3 Å². The second-order valence-corrected chi connectivity index (χ2v) is 10.2. The molecule has 4 aliphatic carbocycles. The van der Waals surface area contributed by atoms with E-state index in [1.807, 2.05) is 0 Å². The van der Waals surface area contributed by atoms with Crippen molar-refractivity contribution in [3.8, 4) is 0 Å². The largest absolute Gasteiger partial charge is 0.388 e. The van der Waals surface area contributed by atoms with Crippen molar-refractivity contribution >= 4 is 0 Å². The molecule has 4 fully saturated rings. The maximum atomic E-state index is 11.9. The van der Waals surface area contributed by atoms with E-state index >= 15 is 0 Å². The van der Waals surface area contributed by atoms with Gasteiger partial charge in [-0.3, -0.25) is 5.32 Å². The van der Waals surface area contributed by atoms with Crippen LogP contribution < -0.4 is 5.32 Å². The van der Waals surface area contributed by atoms with Gasteiger partial charge in [0.2, 0.25) is 0 Å². The highest BCUT2D eigenvalue weighted by atomic mass is 16.3. The van der Waals surface area contributed by atoms with Gasteiger partial charge in [0, 0.05) is 6.04 Å². The van der Waals surface area contributed by atoms with Crippen LogP contribution in [0.5, 0.6) is 0 Å². The van der Waals surface area contributed by atoms with Gasteiger partial charge in [0.25, 0.3) is 0 Å². The van der Waals surface area contributed by atoms with Crippen molar-refractivity contribution in [3.63, 3.8) is 0 Å². The van der Waals surface area contributed by atoms with Crippen molar-refractivity contribution in [1.82, 2.24) is 5.32 Å². The average molecular weight is 410 g/mol. The number of rotatable bonds is 5. The smallest absolute Gasteiger partial charge is 0.0951 e. The third-order valence-electron chi connectivity index (χ3n) is 8.27. The molecule has 3 aromatic rings. The predicted octanol–water partition coefficient (Wildman–Crippen LogP) is 5.51. The molecule has 4 bridgehead atoms. The molecule has 2 heteroatoms. The van der Waals surface area contributed by atoms with Gasteiger partial charge in [-0.05, 0) is 66.5 Å². The van der Waals surface area contributed by atoms with Crippen molar-refractivity contribution in [2.24, 2.45) is 17.8 Å². The summed E-state index contributed by atoms with van der Waals surface area (Å²) in [6.07, 6.45) is 5.74. The highest BCUT2D eigenvalue weighted by Gasteiger charge is 2.58. The Morgan fingerprint density at radius 1 is 0.645 bits per heavy atom. The van der Waals surface area contributed by atoms with Gasteiger partial charge in [-0.25, -0.2) is 0 Å². The highest BCUT2D eigenvalue weighted by molar-refractivity contribution is 5.50. The Bertz CT molecular complexity index is 921. The van der Waals surface area contributed by atoms with Crippen LogP contribution in [0.25, 0.3) is 0 Å². The third-order valence-corrected chi connectivity index (χ3v) is 8.27. The molecule has 0 aromatic heterocycles. The molecular formula is C29H31NO. The van der Waals surface area contributed by atoms with Gasteiger partial charge in [-0.15, -0.1) is 0 Å². The zero-order chi connectivity index (χ0) is 20.9. The highest BCUT2D eigenvalue weighted by Crippen LogP contribution is 2.56. The minimum absolute atomic E-state index is 0.0981. The van der Waals surface area contributed by atoms with Crippen LogP contribution in [0.2, 0.25) is 0 Å². The Morgan fingerprint density at radius 2 is 1.06 bits per heavy atom. The number of hydrogen-bond donors (Lipinski definition) is 2. The summed E-state index contributed by atoms with van der Waals surface area (Å²) in [5.41, 5.74) is 2.58. The maximum absolute atomic E-state index is 11.9. The van der Waals surface area contributed by atoms with E-state index in [2.05, 4.69) is 96.3 Å². The first kappa shape index (κ1) is 19.3. The van der Waals surface area contributed by atoms with E-state index in [-0.39, 0.29) is 6.04 Å². The van der Waals surface area contributed by atoms with Crippen LogP contribution in [0.15, 0.2) is 91.0 Å². The van der Waals surface area contributed by atoms with E-state index in [1.165, 1.54) is 36.0 Å². The average Bonchev–Trinajstić information content (AvgIpc) is 2.80. The van der Waals surface area contributed by atoms with E-state index in [0.29, 0.717) is 17.8 Å². The molecule has 158 valence electrons. The molecule has 0 aliphatic heterocycles. The molecule has 3 unspecified atom stereocenters. The molecular weight excluding hydrogens is 378 g/mol. The number of aliphatic hydroxyl groups is 1. The fourth-order valence-corrected chi connectivity index (χ4v) is 7.30. The first-order valence-electron chi connectivity index (χ1n) is 11.8. The molecule has 0 amide bonds. The fourth-order valence-electron chi connectivity index (χ4n) is 7.30. The van der Waals surface area contributed by atoms with Crippen molar-refractivity contribution < 1.29 is 5.11 Å². The second-order valence-electron chi connectivity index (χ2n) is 10.2. The molecule has 2 nitrogen and oxygen atoms in total. The molecule has 3 aromatic carbocycles. The van der Waals surface area contributed by atoms with Gasteiger partial charge in [-0.1, -0.05) is 91.0 Å². The Hall–Kier alpha value is -2.42. The van der Waals surface area contributed by atoms with Gasteiger partial charge in [-0.2, -0.15) is 0 Å². The second kappa shape index (κ2) is 7.32. The molecule has 4 aliphatic rings. The molecule has 2 N–H and O–H groups in total. The van der Waals surface area contributed by atoms with E-state index in [4.69, 9.17) is 0 Å². The SMILES string of the molecule is OC12CC3CC(CC(C3)C1NC(c1ccccc1)(c1ccccc1)c1ccccc1)C2. The van der Waals surface area contributed by atoms with Crippen LogP contribution in [0, 0.1) is 17.8 Å². The van der Waals surface area contributed by atoms with Crippen molar-refractivity contribution in [3.05, 3.63) is 108 Å². The molecule has 0 heterocycles. The molecule has 4 saturated carbocycles. The standard InChI is InChI=1S/C29H31NO/c31-28-19-21-16-22(20-28)18-23(17-21)27(28)30-29(24-10-4-1-5-11-24,25-12-6-2-7-13-25)26-14-8-3-9-15-26/h1-15,21-23,27,30-31H,16-20H2. The third kappa shape index (κ3) is 3.08. The number of hydrogen-bond acceptors (Lipinski definition) is 2. The zero-order valence-electron chi connectivity index (χ0n) is 18.0. The summed E-state index contributed by atoms with van der Waals surface area (Å²) >= 11 is 0. The predicted molar refractivity (Wildman–Crippen MR) is 125 cm³/mol. The van der Waals surface area contributed by atoms with Crippen LogP contribution in [-0.4, -0.2) is 16.7 Å². The van der Waals surface area contributed by atoms with E-state index in [1.54, 1.807) is 0 Å². The van der Waals surface area contributed by atoms with E-state index in [9.17, 15) is 5.11 Å². The summed E-state index contributed by atoms with van der Waals surface area (Å²) in [5, 5.41) is 16.1. The minimum atomic E-state index is -0.599. The van der Waals surface area contributed by atoms with Gasteiger partial charge in [0.15, 0.2) is 0 Å². The molecule has 31 heavy (non-hydrogen) atoms. The van der Waals surface area contributed by atoms with E-state index in [0.717, 1.165) is 12.8 Å². The molecule has 0 saturated heterocycles. The minimum Gasteiger partial charge on any atom is -0.388 e.